The fourth-order valence-corrected chi connectivity index (χ4v) is 1.45. The number of nitrogens with one attached hydrogen (secondary N) is 1. The molecule has 6 heteroatoms. The van der Waals surface area contributed by atoms with Crippen LogP contribution in [0.1, 0.15) is 19.6 Å². The molecule has 2 heterocycles. The van der Waals surface area contributed by atoms with Gasteiger partial charge in [0.05, 0.1) is 12.8 Å². The molecule has 0 saturated carbocycles. The first kappa shape index (κ1) is 12.2. The Morgan fingerprint density at radius 1 is 1.28 bits per heavy atom. The number of hydrogen-bond donors (Lipinski definition) is 1. The molecular weight excluding hydrogens is 238 g/mol. The van der Waals surface area contributed by atoms with Crippen molar-refractivity contribution >= 4 is 11.9 Å². The van der Waals surface area contributed by atoms with Crippen LogP contribution >= 0.6 is 0 Å². The molecule has 0 radical (unpaired) electrons. The molecule has 1 fully saturated rings. The van der Waals surface area contributed by atoms with Crippen molar-refractivity contribution in [2.24, 2.45) is 0 Å². The molecule has 0 bridgehead atoms. The molecule has 2 rings (SSSR count). The number of carbonyl (C=O) groups is 2. The van der Waals surface area contributed by atoms with Crippen LogP contribution < -0.4 is 5.32 Å². The van der Waals surface area contributed by atoms with Gasteiger partial charge in [0.2, 0.25) is 0 Å². The first-order valence-electron chi connectivity index (χ1n) is 5.40. The Labute approximate surface area is 104 Å². The van der Waals surface area contributed by atoms with Gasteiger partial charge >= 0.3 is 11.9 Å². The summed E-state index contributed by atoms with van der Waals surface area (Å²) < 4.78 is 14.9. The van der Waals surface area contributed by atoms with E-state index in [2.05, 4.69) is 5.32 Å². The molecule has 0 unspecified atom stereocenters. The summed E-state index contributed by atoms with van der Waals surface area (Å²) >= 11 is 0. The number of rotatable bonds is 3. The molecule has 1 aliphatic rings. The van der Waals surface area contributed by atoms with Gasteiger partial charge in [-0.15, -0.1) is 0 Å². The van der Waals surface area contributed by atoms with Crippen LogP contribution in [0.15, 0.2) is 34.6 Å². The van der Waals surface area contributed by atoms with Crippen molar-refractivity contribution in [2.45, 2.75) is 26.2 Å². The van der Waals surface area contributed by atoms with E-state index >= 15 is 0 Å². The zero-order chi connectivity index (χ0) is 13.2. The predicted octanol–water partition coefficient (Wildman–Crippen LogP) is 1.09. The van der Waals surface area contributed by atoms with Crippen LogP contribution in [0.2, 0.25) is 0 Å². The van der Waals surface area contributed by atoms with Crippen LogP contribution in [0.4, 0.5) is 0 Å². The van der Waals surface area contributed by atoms with Crippen LogP contribution in [0.3, 0.4) is 0 Å². The van der Waals surface area contributed by atoms with Gasteiger partial charge in [-0.3, -0.25) is 0 Å². The lowest BCUT2D eigenvalue weighted by molar-refractivity contribution is -0.222. The molecule has 0 aromatic carbocycles. The topological polar surface area (TPSA) is 77.8 Å². The Bertz CT molecular complexity index is 465. The predicted molar refractivity (Wildman–Crippen MR) is 59.9 cm³/mol. The van der Waals surface area contributed by atoms with E-state index in [1.165, 1.54) is 26.3 Å². The summed E-state index contributed by atoms with van der Waals surface area (Å²) in [5, 5.41) is 2.79. The third-order valence-electron chi connectivity index (χ3n) is 2.22. The Morgan fingerprint density at radius 3 is 2.50 bits per heavy atom. The molecule has 6 nitrogen and oxygen atoms in total. The second-order valence-corrected chi connectivity index (χ2v) is 4.20. The maximum absolute atomic E-state index is 11.6. The standard InChI is InChI=1S/C12H13NO5/c1-12(2)17-10(14)9(11(15)18-12)7-13-6-8-4-3-5-16-8/h3-5,7,13H,6H2,1-2H3. The lowest BCUT2D eigenvalue weighted by atomic mass is 10.2. The fourth-order valence-electron chi connectivity index (χ4n) is 1.45. The van der Waals surface area contributed by atoms with Gasteiger partial charge in [0.15, 0.2) is 5.57 Å². The van der Waals surface area contributed by atoms with Gasteiger partial charge < -0.3 is 19.2 Å². The summed E-state index contributed by atoms with van der Waals surface area (Å²) in [6.45, 7) is 3.35. The van der Waals surface area contributed by atoms with Crippen molar-refractivity contribution in [1.82, 2.24) is 5.32 Å². The maximum atomic E-state index is 11.6. The molecule has 0 amide bonds. The van der Waals surface area contributed by atoms with Gasteiger partial charge in [0, 0.05) is 20.0 Å². The summed E-state index contributed by atoms with van der Waals surface area (Å²) in [6.07, 6.45) is 2.80. The van der Waals surface area contributed by atoms with E-state index in [1.807, 2.05) is 0 Å². The van der Waals surface area contributed by atoms with E-state index in [4.69, 9.17) is 13.9 Å². The van der Waals surface area contributed by atoms with Gasteiger partial charge in [0.1, 0.15) is 5.76 Å². The van der Waals surface area contributed by atoms with E-state index in [0.717, 1.165) is 0 Å². The van der Waals surface area contributed by atoms with E-state index in [1.54, 1.807) is 12.1 Å². The van der Waals surface area contributed by atoms with Crippen LogP contribution in [-0.4, -0.2) is 17.7 Å². The van der Waals surface area contributed by atoms with Gasteiger partial charge in [-0.1, -0.05) is 0 Å². The van der Waals surface area contributed by atoms with E-state index in [0.29, 0.717) is 12.3 Å². The third kappa shape index (κ3) is 2.71. The van der Waals surface area contributed by atoms with E-state index < -0.39 is 17.7 Å². The summed E-state index contributed by atoms with van der Waals surface area (Å²) in [7, 11) is 0. The number of ether oxygens (including phenoxy) is 2. The van der Waals surface area contributed by atoms with Crippen molar-refractivity contribution in [3.8, 4) is 0 Å². The highest BCUT2D eigenvalue weighted by molar-refractivity contribution is 6.15. The minimum Gasteiger partial charge on any atom is -0.467 e. The Morgan fingerprint density at radius 2 is 1.94 bits per heavy atom. The third-order valence-corrected chi connectivity index (χ3v) is 2.22. The number of esters is 2. The normalized spacial score (nSPS) is 18.0. The zero-order valence-corrected chi connectivity index (χ0v) is 10.1. The van der Waals surface area contributed by atoms with E-state index in [-0.39, 0.29) is 5.57 Å². The minimum absolute atomic E-state index is 0.166. The van der Waals surface area contributed by atoms with Gasteiger partial charge in [-0.25, -0.2) is 9.59 Å². The molecule has 1 aromatic rings. The highest BCUT2D eigenvalue weighted by Gasteiger charge is 2.38. The van der Waals surface area contributed by atoms with Crippen LogP contribution in [0.25, 0.3) is 0 Å². The van der Waals surface area contributed by atoms with Crippen LogP contribution in [-0.2, 0) is 25.6 Å². The average Bonchev–Trinajstić information content (AvgIpc) is 2.73. The average molecular weight is 251 g/mol. The van der Waals surface area contributed by atoms with Gasteiger partial charge in [-0.2, -0.15) is 0 Å². The summed E-state index contributed by atoms with van der Waals surface area (Å²) in [6, 6.07) is 3.52. The molecule has 96 valence electrons. The first-order chi connectivity index (χ1) is 8.48. The largest absolute Gasteiger partial charge is 0.467 e. The lowest BCUT2D eigenvalue weighted by Crippen LogP contribution is -2.42. The van der Waals surface area contributed by atoms with Crippen LogP contribution in [0, 0.1) is 0 Å². The Hall–Kier alpha value is -2.24. The maximum Gasteiger partial charge on any atom is 0.350 e. The first-order valence-corrected chi connectivity index (χ1v) is 5.40. The van der Waals surface area contributed by atoms with Gasteiger partial charge in [0.25, 0.3) is 5.79 Å². The highest BCUT2D eigenvalue weighted by Crippen LogP contribution is 2.21. The number of furan rings is 1. The quantitative estimate of drug-likeness (QED) is 0.492. The molecule has 0 spiro atoms. The summed E-state index contributed by atoms with van der Waals surface area (Å²) in [5.74, 6) is -1.94. The lowest BCUT2D eigenvalue weighted by Gasteiger charge is -2.29. The monoisotopic (exact) mass is 251 g/mol. The van der Waals surface area contributed by atoms with Crippen molar-refractivity contribution in [2.75, 3.05) is 0 Å². The fraction of sp³-hybridized carbons (Fsp3) is 0.333. The molecule has 1 saturated heterocycles. The Kier molecular flexibility index (Phi) is 3.10. The summed E-state index contributed by atoms with van der Waals surface area (Å²) in [4.78, 5) is 23.1. The number of hydrogen-bond acceptors (Lipinski definition) is 6. The minimum atomic E-state index is -1.22. The number of cyclic esters (lactones) is 2. The molecular formula is C12H13NO5. The van der Waals surface area contributed by atoms with Crippen molar-refractivity contribution in [3.63, 3.8) is 0 Å². The molecule has 0 atom stereocenters. The highest BCUT2D eigenvalue weighted by atomic mass is 16.7. The van der Waals surface area contributed by atoms with Crippen molar-refractivity contribution < 1.29 is 23.5 Å². The molecule has 18 heavy (non-hydrogen) atoms. The Balaban J connectivity index is 2.00. The SMILES string of the molecule is CC1(C)OC(=O)C(=CNCc2ccco2)C(=O)O1. The van der Waals surface area contributed by atoms with Gasteiger partial charge in [-0.05, 0) is 12.1 Å². The molecule has 1 aliphatic heterocycles. The zero-order valence-electron chi connectivity index (χ0n) is 10.1. The summed E-state index contributed by atoms with van der Waals surface area (Å²) in [5.41, 5.74) is -0.166. The smallest absolute Gasteiger partial charge is 0.350 e. The molecule has 0 aliphatic carbocycles. The second kappa shape index (κ2) is 4.56. The number of carbonyl (C=O) groups excluding carboxylic acids is 2. The van der Waals surface area contributed by atoms with Crippen molar-refractivity contribution in [1.29, 1.82) is 0 Å². The molecule has 1 aromatic heterocycles. The van der Waals surface area contributed by atoms with Crippen LogP contribution in [0.5, 0.6) is 0 Å². The van der Waals surface area contributed by atoms with Crippen molar-refractivity contribution in [3.05, 3.63) is 35.9 Å². The van der Waals surface area contributed by atoms with E-state index in [9.17, 15) is 9.59 Å². The second-order valence-electron chi connectivity index (χ2n) is 4.20. The molecule has 1 N–H and O–H groups in total.